The first-order valence-electron chi connectivity index (χ1n) is 13.1. The van der Waals surface area contributed by atoms with Gasteiger partial charge in [-0.05, 0) is 61.9 Å². The lowest BCUT2D eigenvalue weighted by Gasteiger charge is -2.38. The first kappa shape index (κ1) is 26.2. The molecule has 0 spiro atoms. The second kappa shape index (κ2) is 11.2. The number of aryl methyl sites for hydroxylation is 1. The van der Waals surface area contributed by atoms with Crippen molar-refractivity contribution in [2.45, 2.75) is 51.0 Å². The number of nitrogens with one attached hydrogen (secondary N) is 1. The molecule has 1 N–H and O–H groups in total. The lowest BCUT2D eigenvalue weighted by Crippen LogP contribution is -2.46. The van der Waals surface area contributed by atoms with E-state index in [1.54, 1.807) is 37.3 Å². The Bertz CT molecular complexity index is 1480. The van der Waals surface area contributed by atoms with E-state index in [0.717, 1.165) is 22.3 Å². The molecule has 1 aliphatic rings. The van der Waals surface area contributed by atoms with Crippen LogP contribution in [0.2, 0.25) is 0 Å². The fraction of sp³-hybridized carbons (Fsp3) is 0.250. The molecule has 1 unspecified atom stereocenters. The van der Waals surface area contributed by atoms with E-state index in [-0.39, 0.29) is 23.5 Å². The Hall–Kier alpha value is -4.39. The summed E-state index contributed by atoms with van der Waals surface area (Å²) >= 11 is 0. The molecule has 1 aromatic heterocycles. The van der Waals surface area contributed by atoms with Gasteiger partial charge >= 0.3 is 0 Å². The molecule has 4 aromatic rings. The second-order valence-electron chi connectivity index (χ2n) is 10.1. The van der Waals surface area contributed by atoms with Crippen molar-refractivity contribution in [1.82, 2.24) is 15.5 Å². The molecular weight excluding hydrogens is 493 g/mol. The van der Waals surface area contributed by atoms with Crippen molar-refractivity contribution in [3.05, 3.63) is 119 Å². The number of carbonyl (C=O) groups is 2. The third kappa shape index (κ3) is 5.72. The van der Waals surface area contributed by atoms with Crippen LogP contribution in [0, 0.1) is 12.7 Å². The number of carbonyl (C=O) groups excluding carboxylic acids is 2. The standard InChI is InChI=1S/C32H30FN3O3/c1-21(24-12-14-28(33)15-13-24)34-31(38)32(27-6-4-3-5-7-27)18-16-23(17-19-32)20-29(37)25-8-10-26(11-9-25)30-35-22(2)39-36-30/h3-15,20-21H,16-19H2,1-2H3,(H,34,38). The summed E-state index contributed by atoms with van der Waals surface area (Å²) in [5, 5.41) is 7.08. The Morgan fingerprint density at radius 2 is 1.64 bits per heavy atom. The molecule has 0 bridgehead atoms. The van der Waals surface area contributed by atoms with Gasteiger partial charge < -0.3 is 9.84 Å². The van der Waals surface area contributed by atoms with Crippen LogP contribution in [-0.2, 0) is 10.2 Å². The molecule has 1 atom stereocenters. The summed E-state index contributed by atoms with van der Waals surface area (Å²) in [5.41, 5.74) is 3.49. The molecule has 0 aliphatic heterocycles. The van der Waals surface area contributed by atoms with E-state index < -0.39 is 5.41 Å². The van der Waals surface area contributed by atoms with Crippen LogP contribution >= 0.6 is 0 Å². The van der Waals surface area contributed by atoms with Crippen LogP contribution in [0.25, 0.3) is 11.4 Å². The molecule has 3 aromatic carbocycles. The Labute approximate surface area is 227 Å². The van der Waals surface area contributed by atoms with Gasteiger partial charge in [0.15, 0.2) is 5.78 Å². The lowest BCUT2D eigenvalue weighted by molar-refractivity contribution is -0.128. The van der Waals surface area contributed by atoms with Crippen LogP contribution in [0.1, 0.15) is 66.0 Å². The van der Waals surface area contributed by atoms with E-state index in [0.29, 0.717) is 43.0 Å². The highest BCUT2D eigenvalue weighted by atomic mass is 19.1. The van der Waals surface area contributed by atoms with Gasteiger partial charge in [-0.3, -0.25) is 9.59 Å². The molecule has 1 aliphatic carbocycles. The molecule has 39 heavy (non-hydrogen) atoms. The molecule has 1 saturated carbocycles. The maximum absolute atomic E-state index is 13.8. The highest BCUT2D eigenvalue weighted by molar-refractivity contribution is 6.05. The highest BCUT2D eigenvalue weighted by Gasteiger charge is 2.42. The molecule has 6 nitrogen and oxygen atoms in total. The largest absolute Gasteiger partial charge is 0.349 e. The highest BCUT2D eigenvalue weighted by Crippen LogP contribution is 2.42. The van der Waals surface area contributed by atoms with Crippen molar-refractivity contribution < 1.29 is 18.5 Å². The predicted molar refractivity (Wildman–Crippen MR) is 146 cm³/mol. The number of halogens is 1. The van der Waals surface area contributed by atoms with Crippen molar-refractivity contribution >= 4 is 11.7 Å². The number of aromatic nitrogens is 2. The predicted octanol–water partition coefficient (Wildman–Crippen LogP) is 6.68. The summed E-state index contributed by atoms with van der Waals surface area (Å²) in [6.45, 7) is 3.63. The number of allylic oxidation sites excluding steroid dienone is 2. The topological polar surface area (TPSA) is 85.1 Å². The molecule has 5 rings (SSSR count). The quantitative estimate of drug-likeness (QED) is 0.216. The van der Waals surface area contributed by atoms with Crippen molar-refractivity contribution in [3.8, 4) is 11.4 Å². The van der Waals surface area contributed by atoms with Crippen LogP contribution in [0.4, 0.5) is 4.39 Å². The van der Waals surface area contributed by atoms with Crippen molar-refractivity contribution in [1.29, 1.82) is 0 Å². The lowest BCUT2D eigenvalue weighted by atomic mass is 9.67. The van der Waals surface area contributed by atoms with Gasteiger partial charge in [0.2, 0.25) is 17.6 Å². The number of nitrogens with zero attached hydrogens (tertiary/aromatic N) is 2. The Morgan fingerprint density at radius 1 is 0.974 bits per heavy atom. The summed E-state index contributed by atoms with van der Waals surface area (Å²) in [7, 11) is 0. The fourth-order valence-corrected chi connectivity index (χ4v) is 5.18. The van der Waals surface area contributed by atoms with E-state index in [1.165, 1.54) is 12.1 Å². The molecule has 7 heteroatoms. The monoisotopic (exact) mass is 523 g/mol. The Balaban J connectivity index is 1.31. The van der Waals surface area contributed by atoms with Crippen molar-refractivity contribution in [2.24, 2.45) is 0 Å². The van der Waals surface area contributed by atoms with Gasteiger partial charge in [0.05, 0.1) is 11.5 Å². The van der Waals surface area contributed by atoms with E-state index >= 15 is 0 Å². The van der Waals surface area contributed by atoms with Crippen LogP contribution in [0.15, 0.2) is 95.0 Å². The van der Waals surface area contributed by atoms with E-state index in [2.05, 4.69) is 15.5 Å². The smallest absolute Gasteiger partial charge is 0.231 e. The van der Waals surface area contributed by atoms with Gasteiger partial charge in [-0.1, -0.05) is 77.5 Å². The SMILES string of the molecule is Cc1nc(-c2ccc(C(=O)C=C3CCC(C(=O)NC(C)c4ccc(F)cc4)(c4ccccc4)CC3)cc2)no1. The molecule has 198 valence electrons. The van der Waals surface area contributed by atoms with E-state index in [9.17, 15) is 14.0 Å². The summed E-state index contributed by atoms with van der Waals surface area (Å²) < 4.78 is 18.4. The van der Waals surface area contributed by atoms with E-state index in [4.69, 9.17) is 4.52 Å². The van der Waals surface area contributed by atoms with Crippen molar-refractivity contribution in [2.75, 3.05) is 0 Å². The third-order valence-electron chi connectivity index (χ3n) is 7.51. The molecule has 1 heterocycles. The fourth-order valence-electron chi connectivity index (χ4n) is 5.18. The normalized spacial score (nSPS) is 17.9. The van der Waals surface area contributed by atoms with Gasteiger partial charge in [0, 0.05) is 18.1 Å². The third-order valence-corrected chi connectivity index (χ3v) is 7.51. The Morgan fingerprint density at radius 3 is 2.26 bits per heavy atom. The average Bonchev–Trinajstić information content (AvgIpc) is 3.40. The van der Waals surface area contributed by atoms with Crippen molar-refractivity contribution in [3.63, 3.8) is 0 Å². The molecule has 0 radical (unpaired) electrons. The van der Waals surface area contributed by atoms with Gasteiger partial charge in [0.1, 0.15) is 5.82 Å². The zero-order chi connectivity index (χ0) is 27.4. The zero-order valence-electron chi connectivity index (χ0n) is 22.0. The summed E-state index contributed by atoms with van der Waals surface area (Å²) in [6.07, 6.45) is 4.17. The van der Waals surface area contributed by atoms with Gasteiger partial charge in [-0.25, -0.2) is 4.39 Å². The van der Waals surface area contributed by atoms with Gasteiger partial charge in [-0.2, -0.15) is 4.98 Å². The second-order valence-corrected chi connectivity index (χ2v) is 10.1. The van der Waals surface area contributed by atoms with Crippen LogP contribution in [-0.4, -0.2) is 21.8 Å². The summed E-state index contributed by atoms with van der Waals surface area (Å²) in [4.78, 5) is 31.0. The van der Waals surface area contributed by atoms with E-state index in [1.807, 2.05) is 49.4 Å². The zero-order valence-corrected chi connectivity index (χ0v) is 22.0. The first-order chi connectivity index (χ1) is 18.8. The van der Waals surface area contributed by atoms with Gasteiger partial charge in [0.25, 0.3) is 0 Å². The van der Waals surface area contributed by atoms with Crippen LogP contribution < -0.4 is 5.32 Å². The summed E-state index contributed by atoms with van der Waals surface area (Å²) in [6, 6.07) is 22.9. The van der Waals surface area contributed by atoms with Crippen LogP contribution in [0.3, 0.4) is 0 Å². The minimum absolute atomic E-state index is 0.0526. The summed E-state index contributed by atoms with van der Waals surface area (Å²) in [5.74, 6) is 0.543. The average molecular weight is 524 g/mol. The number of amides is 1. The number of ketones is 1. The van der Waals surface area contributed by atoms with Gasteiger partial charge in [-0.15, -0.1) is 0 Å². The maximum Gasteiger partial charge on any atom is 0.231 e. The first-order valence-corrected chi connectivity index (χ1v) is 13.1. The minimum Gasteiger partial charge on any atom is -0.349 e. The number of benzene rings is 3. The molecular formula is C32H30FN3O3. The van der Waals surface area contributed by atoms with Crippen LogP contribution in [0.5, 0.6) is 0 Å². The minimum atomic E-state index is -0.708. The molecule has 1 fully saturated rings. The number of hydrogen-bond donors (Lipinski definition) is 1. The molecule has 0 saturated heterocycles. The molecule has 1 amide bonds. The Kier molecular flexibility index (Phi) is 7.50. The number of rotatable bonds is 7. The number of hydrogen-bond acceptors (Lipinski definition) is 5. The maximum atomic E-state index is 13.8.